The maximum Gasteiger partial charge on any atom is 0.419 e. The number of carbonyl (C=O) groups is 2. The molecule has 0 aliphatic heterocycles. The molecule has 6 heteroatoms. The summed E-state index contributed by atoms with van der Waals surface area (Å²) in [6.07, 6.45) is -1.25. The summed E-state index contributed by atoms with van der Waals surface area (Å²) >= 11 is 0. The summed E-state index contributed by atoms with van der Waals surface area (Å²) in [5.41, 5.74) is 8.45. The van der Waals surface area contributed by atoms with Gasteiger partial charge in [-0.25, -0.2) is 10.2 Å². The van der Waals surface area contributed by atoms with E-state index in [2.05, 4.69) is 11.2 Å². The van der Waals surface area contributed by atoms with Crippen LogP contribution in [0.1, 0.15) is 0 Å². The van der Waals surface area contributed by atoms with Gasteiger partial charge in [0.05, 0.1) is 6.54 Å². The second-order valence-electron chi connectivity index (χ2n) is 1.25. The second-order valence-corrected chi connectivity index (χ2v) is 1.25. The Morgan fingerprint density at radius 2 is 2.11 bits per heavy atom. The fourth-order valence-corrected chi connectivity index (χ4v) is 0.207. The number of carbonyl (C=O) groups excluding carboxylic acids is 1. The summed E-state index contributed by atoms with van der Waals surface area (Å²) < 4.78 is 0. The third kappa shape index (κ3) is 6.70. The lowest BCUT2D eigenvalue weighted by Gasteiger charge is -1.97. The number of hydrazine groups is 1. The molecule has 0 atom stereocenters. The van der Waals surface area contributed by atoms with E-state index in [-0.39, 0.29) is 6.54 Å². The minimum absolute atomic E-state index is 0.202. The highest BCUT2D eigenvalue weighted by molar-refractivity contribution is 5.76. The van der Waals surface area contributed by atoms with Gasteiger partial charge in [0.2, 0.25) is 5.91 Å². The molecule has 0 fully saturated rings. The van der Waals surface area contributed by atoms with E-state index in [4.69, 9.17) is 5.11 Å². The van der Waals surface area contributed by atoms with Crippen LogP contribution in [0.25, 0.3) is 0 Å². The van der Waals surface area contributed by atoms with Crippen LogP contribution in [-0.2, 0) is 4.79 Å². The topological polar surface area (TPSA) is 104 Å². The van der Waals surface area contributed by atoms with Crippen molar-refractivity contribution in [1.82, 2.24) is 10.9 Å². The largest absolute Gasteiger partial charge is 0.464 e. The Balaban J connectivity index is 3.10. The van der Waals surface area contributed by atoms with Crippen LogP contribution in [0.15, 0.2) is 0 Å². The predicted octanol–water partition coefficient (Wildman–Crippen LogP) is -1.76. The van der Waals surface area contributed by atoms with Gasteiger partial charge in [-0.05, 0) is 0 Å². The molecule has 9 heavy (non-hydrogen) atoms. The summed E-state index contributed by atoms with van der Waals surface area (Å²) in [6.45, 7) is -0.202. The van der Waals surface area contributed by atoms with E-state index < -0.39 is 12.0 Å². The number of primary amides is 1. The van der Waals surface area contributed by atoms with E-state index in [9.17, 15) is 9.59 Å². The summed E-state index contributed by atoms with van der Waals surface area (Å²) in [5, 5.41) is 7.90. The number of hydrogen-bond acceptors (Lipinski definition) is 3. The van der Waals surface area contributed by atoms with E-state index in [1.54, 1.807) is 5.43 Å². The Morgan fingerprint density at radius 3 is 2.44 bits per heavy atom. The van der Waals surface area contributed by atoms with Gasteiger partial charge in [0, 0.05) is 0 Å². The second kappa shape index (κ2) is 3.67. The first-order chi connectivity index (χ1) is 4.13. The van der Waals surface area contributed by atoms with Crippen LogP contribution in [0, 0.1) is 0 Å². The first-order valence-electron chi connectivity index (χ1n) is 2.13. The highest BCUT2D eigenvalue weighted by Crippen LogP contribution is 1.53. The van der Waals surface area contributed by atoms with E-state index in [1.165, 1.54) is 0 Å². The van der Waals surface area contributed by atoms with Crippen molar-refractivity contribution >= 4 is 12.0 Å². The highest BCUT2D eigenvalue weighted by atomic mass is 16.4. The van der Waals surface area contributed by atoms with Gasteiger partial charge in [-0.15, -0.1) is 0 Å². The zero-order chi connectivity index (χ0) is 7.28. The minimum Gasteiger partial charge on any atom is -0.464 e. The lowest BCUT2D eigenvalue weighted by atomic mass is 10.6. The molecule has 0 rings (SSSR count). The van der Waals surface area contributed by atoms with Crippen LogP contribution in [0.3, 0.4) is 0 Å². The Morgan fingerprint density at radius 1 is 1.56 bits per heavy atom. The molecule has 0 aromatic heterocycles. The molecule has 0 aliphatic rings. The van der Waals surface area contributed by atoms with Crippen LogP contribution >= 0.6 is 0 Å². The van der Waals surface area contributed by atoms with Crippen molar-refractivity contribution in [2.75, 3.05) is 6.54 Å². The minimum atomic E-state index is -1.25. The first-order valence-corrected chi connectivity index (χ1v) is 2.13. The third-order valence-corrected chi connectivity index (χ3v) is 0.458. The molecule has 0 saturated carbocycles. The van der Waals surface area contributed by atoms with Crippen molar-refractivity contribution in [3.8, 4) is 0 Å². The Hall–Kier alpha value is -1.30. The number of amides is 2. The van der Waals surface area contributed by atoms with Crippen molar-refractivity contribution < 1.29 is 14.7 Å². The van der Waals surface area contributed by atoms with Crippen molar-refractivity contribution in [1.29, 1.82) is 0 Å². The zero-order valence-corrected chi connectivity index (χ0v) is 4.55. The fourth-order valence-electron chi connectivity index (χ4n) is 0.207. The molecule has 0 radical (unpaired) electrons. The zero-order valence-electron chi connectivity index (χ0n) is 4.55. The normalized spacial score (nSPS) is 8.44. The molecule has 0 aliphatic carbocycles. The van der Waals surface area contributed by atoms with Gasteiger partial charge >= 0.3 is 6.09 Å². The molecule has 2 amide bonds. The number of rotatable bonds is 3. The maximum atomic E-state index is 9.91. The van der Waals surface area contributed by atoms with Gasteiger partial charge in [0.15, 0.2) is 0 Å². The first kappa shape index (κ1) is 7.70. The molecule has 0 bridgehead atoms. The monoisotopic (exact) mass is 133 g/mol. The average molecular weight is 133 g/mol. The number of hydrogen-bond donors (Lipinski definition) is 4. The van der Waals surface area contributed by atoms with Crippen molar-refractivity contribution in [3.05, 3.63) is 0 Å². The average Bonchev–Trinajstić information content (AvgIpc) is 1.63. The van der Waals surface area contributed by atoms with E-state index in [0.717, 1.165) is 0 Å². The molecule has 6 nitrogen and oxygen atoms in total. The number of carboxylic acid groups (broad SMARTS) is 1. The van der Waals surface area contributed by atoms with Crippen LogP contribution < -0.4 is 16.6 Å². The van der Waals surface area contributed by atoms with Gasteiger partial charge in [-0.3, -0.25) is 10.2 Å². The summed E-state index contributed by atoms with van der Waals surface area (Å²) in [5.74, 6) is -0.622. The molecule has 0 heterocycles. The third-order valence-electron chi connectivity index (χ3n) is 0.458. The van der Waals surface area contributed by atoms with E-state index >= 15 is 0 Å². The molecule has 5 N–H and O–H groups in total. The molecule has 0 aromatic carbocycles. The predicted molar refractivity (Wildman–Crippen MR) is 28.4 cm³/mol. The maximum absolute atomic E-state index is 9.91. The summed E-state index contributed by atoms with van der Waals surface area (Å²) in [6, 6.07) is 0. The standard InChI is InChI=1S/C3H7N3O3/c4-2(7)1-5-6-3(8)9/h5-6H,1H2,(H2,4,7)(H,8,9). The molecular formula is C3H7N3O3. The SMILES string of the molecule is NC(=O)CNNC(=O)O. The molecule has 0 saturated heterocycles. The summed E-state index contributed by atoms with van der Waals surface area (Å²) in [7, 11) is 0. The lowest BCUT2D eigenvalue weighted by Crippen LogP contribution is -2.41. The number of nitrogens with one attached hydrogen (secondary N) is 2. The molecule has 52 valence electrons. The van der Waals surface area contributed by atoms with Crippen molar-refractivity contribution in [2.24, 2.45) is 5.73 Å². The Bertz CT molecular complexity index is 109. The van der Waals surface area contributed by atoms with Gasteiger partial charge in [-0.2, -0.15) is 0 Å². The fraction of sp³-hybridized carbons (Fsp3) is 0.333. The van der Waals surface area contributed by atoms with Gasteiger partial charge < -0.3 is 10.8 Å². The van der Waals surface area contributed by atoms with Gasteiger partial charge in [0.1, 0.15) is 0 Å². The van der Waals surface area contributed by atoms with Crippen molar-refractivity contribution in [2.45, 2.75) is 0 Å². The van der Waals surface area contributed by atoms with Crippen LogP contribution in [0.4, 0.5) is 4.79 Å². The Labute approximate surface area is 51.0 Å². The molecule has 0 unspecified atom stereocenters. The van der Waals surface area contributed by atoms with Gasteiger partial charge in [0.25, 0.3) is 0 Å². The Kier molecular flexibility index (Phi) is 3.14. The number of nitrogens with two attached hydrogens (primary N) is 1. The van der Waals surface area contributed by atoms with Gasteiger partial charge in [-0.1, -0.05) is 0 Å². The quantitative estimate of drug-likeness (QED) is 0.342. The van der Waals surface area contributed by atoms with Crippen LogP contribution in [0.2, 0.25) is 0 Å². The molecule has 0 spiro atoms. The van der Waals surface area contributed by atoms with Crippen molar-refractivity contribution in [3.63, 3.8) is 0 Å². The highest BCUT2D eigenvalue weighted by Gasteiger charge is 1.93. The summed E-state index contributed by atoms with van der Waals surface area (Å²) in [4.78, 5) is 19.6. The van der Waals surface area contributed by atoms with E-state index in [0.29, 0.717) is 0 Å². The smallest absolute Gasteiger partial charge is 0.419 e. The molecule has 0 aromatic rings. The van der Waals surface area contributed by atoms with Crippen LogP contribution in [0.5, 0.6) is 0 Å². The van der Waals surface area contributed by atoms with E-state index in [1.807, 2.05) is 0 Å². The lowest BCUT2D eigenvalue weighted by molar-refractivity contribution is -0.117. The molecular weight excluding hydrogens is 126 g/mol. The van der Waals surface area contributed by atoms with Crippen LogP contribution in [-0.4, -0.2) is 23.7 Å².